The molecule has 0 saturated carbocycles. The van der Waals surface area contributed by atoms with Crippen LogP contribution in [0.3, 0.4) is 0 Å². The van der Waals surface area contributed by atoms with Crippen molar-refractivity contribution < 1.29 is 28.2 Å². The van der Waals surface area contributed by atoms with Crippen molar-refractivity contribution in [3.05, 3.63) is 48.8 Å². The number of nitrogens with one attached hydrogen (secondary N) is 3. The molecule has 2 aliphatic heterocycles. The van der Waals surface area contributed by atoms with E-state index in [0.717, 1.165) is 5.69 Å². The van der Waals surface area contributed by atoms with Crippen LogP contribution in [0.5, 0.6) is 5.75 Å². The summed E-state index contributed by atoms with van der Waals surface area (Å²) in [6.45, 7) is 8.57. The third kappa shape index (κ3) is 8.07. The predicted octanol–water partition coefficient (Wildman–Crippen LogP) is 3.83. The van der Waals surface area contributed by atoms with E-state index in [1.807, 2.05) is 61.1 Å². The fraction of sp³-hybridized carbons (Fsp3) is 0.500. The molecule has 0 unspecified atom stereocenters. The highest BCUT2D eigenvalue weighted by molar-refractivity contribution is 8.24. The van der Waals surface area contributed by atoms with Crippen molar-refractivity contribution in [3.8, 4) is 5.75 Å². The first-order valence-electron chi connectivity index (χ1n) is 16.5. The zero-order valence-electron chi connectivity index (χ0n) is 29.0. The fourth-order valence-corrected chi connectivity index (χ4v) is 7.35. The number of nitrogens with zero attached hydrogens (tertiary/aromatic N) is 5. The topological polar surface area (TPSA) is 172 Å². The number of ether oxygens (including phenoxy) is 1. The molecule has 2 aromatic carbocycles. The lowest BCUT2D eigenvalue weighted by molar-refractivity contribution is -0.143. The second-order valence-corrected chi connectivity index (χ2v) is 16.0. The van der Waals surface area contributed by atoms with Crippen LogP contribution in [0.25, 0.3) is 10.9 Å². The Morgan fingerprint density at radius 1 is 1.06 bits per heavy atom. The summed E-state index contributed by atoms with van der Waals surface area (Å²) in [7, 11) is 0.543. The van der Waals surface area contributed by atoms with E-state index in [-0.39, 0.29) is 29.2 Å². The summed E-state index contributed by atoms with van der Waals surface area (Å²) in [6, 6.07) is 11.1. The maximum atomic E-state index is 14.0. The van der Waals surface area contributed by atoms with Gasteiger partial charge in [-0.1, -0.05) is 39.0 Å². The number of hydrogen-bond acceptors (Lipinski definition) is 11. The minimum Gasteiger partial charge on any atom is -0.494 e. The van der Waals surface area contributed by atoms with Crippen LogP contribution in [0, 0.1) is 5.41 Å². The van der Waals surface area contributed by atoms with Crippen LogP contribution in [0.1, 0.15) is 40.5 Å². The third-order valence-electron chi connectivity index (χ3n) is 9.09. The van der Waals surface area contributed by atoms with Gasteiger partial charge in [0.05, 0.1) is 41.5 Å². The number of benzene rings is 2. The van der Waals surface area contributed by atoms with Gasteiger partial charge in [-0.3, -0.25) is 28.5 Å². The number of methoxy groups -OCH3 is 1. The quantitative estimate of drug-likeness (QED) is 0.209. The Kier molecular flexibility index (Phi) is 11.0. The lowest BCUT2D eigenvalue weighted by Gasteiger charge is -2.45. The van der Waals surface area contributed by atoms with E-state index < -0.39 is 34.1 Å². The molecule has 1 aromatic heterocycles. The standard InChI is InChI=1S/C34H48N8O6S/c1-22(35-5)31(43)39-29(34(2,3)4)33(45)41-14-10-13-27(41)32(44)38-26-19-24-25(20-28(26)48-6)36-21-37-30(24)42(23-11-8-7-9-12-23)40-15-17-49(46,47)18-16-40/h7-9,11-12,19-22,27,29,35,46-47H,10,13-18H2,1-6H3,(H,38,44)(H,39,43)/t22-,27-,29+/m0/s1. The molecule has 0 aliphatic carbocycles. The van der Waals surface area contributed by atoms with Gasteiger partial charge in [0, 0.05) is 31.1 Å². The molecule has 15 heteroatoms. The van der Waals surface area contributed by atoms with Gasteiger partial charge in [-0.25, -0.2) is 15.0 Å². The van der Waals surface area contributed by atoms with Crippen LogP contribution < -0.4 is 25.7 Å². The molecule has 3 aromatic rings. The highest BCUT2D eigenvalue weighted by Gasteiger charge is 2.42. The van der Waals surface area contributed by atoms with Crippen molar-refractivity contribution in [2.75, 3.05) is 55.6 Å². The van der Waals surface area contributed by atoms with Gasteiger partial charge in [0.2, 0.25) is 17.7 Å². The maximum absolute atomic E-state index is 14.0. The molecule has 2 aliphatic rings. The number of amides is 3. The van der Waals surface area contributed by atoms with Gasteiger partial charge in [-0.15, -0.1) is 0 Å². The van der Waals surface area contributed by atoms with Gasteiger partial charge < -0.3 is 25.6 Å². The number of likely N-dealkylation sites (N-methyl/N-ethyl adjacent to an activating group) is 1. The van der Waals surface area contributed by atoms with Gasteiger partial charge in [0.15, 0.2) is 5.82 Å². The van der Waals surface area contributed by atoms with Crippen LogP contribution in [-0.4, -0.2) is 110 Å². The number of anilines is 3. The molecule has 14 nitrogen and oxygen atoms in total. The van der Waals surface area contributed by atoms with E-state index in [0.29, 0.717) is 60.6 Å². The summed E-state index contributed by atoms with van der Waals surface area (Å²) in [5, 5.41) is 13.4. The van der Waals surface area contributed by atoms with Crippen molar-refractivity contribution in [2.45, 2.75) is 58.7 Å². The number of aromatic nitrogens is 2. The largest absolute Gasteiger partial charge is 0.494 e. The number of rotatable bonds is 10. The molecule has 266 valence electrons. The SMILES string of the molecule is CN[C@@H](C)C(=O)N[C@H](C(=O)N1CCC[C@H]1C(=O)Nc1cc2c(N(c3ccccc3)N3CCS(O)(O)CC3)ncnc2cc1OC)C(C)(C)C. The van der Waals surface area contributed by atoms with Gasteiger partial charge in [-0.2, -0.15) is 10.6 Å². The summed E-state index contributed by atoms with van der Waals surface area (Å²) in [5.41, 5.74) is 1.20. The summed E-state index contributed by atoms with van der Waals surface area (Å²) in [5.74, 6) is 0.437. The Morgan fingerprint density at radius 3 is 2.39 bits per heavy atom. The molecule has 49 heavy (non-hydrogen) atoms. The Bertz CT molecular complexity index is 1660. The Hall–Kier alpha value is -4.02. The molecule has 5 rings (SSSR count). The van der Waals surface area contributed by atoms with E-state index in [1.165, 1.54) is 13.4 Å². The smallest absolute Gasteiger partial charge is 0.247 e. The molecular weight excluding hydrogens is 648 g/mol. The first-order valence-corrected chi connectivity index (χ1v) is 18.4. The average Bonchev–Trinajstić information content (AvgIpc) is 3.57. The van der Waals surface area contributed by atoms with Gasteiger partial charge >= 0.3 is 0 Å². The van der Waals surface area contributed by atoms with Crippen molar-refractivity contribution in [1.82, 2.24) is 30.5 Å². The van der Waals surface area contributed by atoms with E-state index >= 15 is 0 Å². The predicted molar refractivity (Wildman–Crippen MR) is 192 cm³/mol. The van der Waals surface area contributed by atoms with Crippen molar-refractivity contribution in [3.63, 3.8) is 0 Å². The minimum absolute atomic E-state index is 0.235. The molecule has 0 radical (unpaired) electrons. The fourth-order valence-electron chi connectivity index (χ4n) is 6.14. The number of carbonyl (C=O) groups is 3. The monoisotopic (exact) mass is 696 g/mol. The molecule has 0 spiro atoms. The second-order valence-electron chi connectivity index (χ2n) is 13.6. The van der Waals surface area contributed by atoms with E-state index in [9.17, 15) is 23.5 Å². The first-order chi connectivity index (χ1) is 23.2. The number of hydrazine groups is 1. The Morgan fingerprint density at radius 2 is 1.76 bits per heavy atom. The van der Waals surface area contributed by atoms with E-state index in [1.54, 1.807) is 31.0 Å². The molecule has 3 amide bonds. The summed E-state index contributed by atoms with van der Waals surface area (Å²) < 4.78 is 26.3. The molecule has 3 atom stereocenters. The van der Waals surface area contributed by atoms with Crippen LogP contribution in [-0.2, 0) is 14.4 Å². The molecule has 2 saturated heterocycles. The Balaban J connectivity index is 1.47. The second kappa shape index (κ2) is 14.8. The number of hydrogen-bond donors (Lipinski definition) is 5. The number of likely N-dealkylation sites (tertiary alicyclic amines) is 1. The van der Waals surface area contributed by atoms with Crippen LogP contribution in [0.15, 0.2) is 48.8 Å². The van der Waals surface area contributed by atoms with Gasteiger partial charge in [-0.05, 0) is 50.4 Å². The highest BCUT2D eigenvalue weighted by Crippen LogP contribution is 2.43. The minimum atomic E-state index is -2.65. The first kappa shape index (κ1) is 36.3. The number of carbonyl (C=O) groups excluding carboxylic acids is 3. The van der Waals surface area contributed by atoms with Gasteiger partial charge in [0.1, 0.15) is 24.2 Å². The van der Waals surface area contributed by atoms with Crippen molar-refractivity contribution >= 4 is 56.4 Å². The molecule has 2 fully saturated rings. The maximum Gasteiger partial charge on any atom is 0.247 e. The van der Waals surface area contributed by atoms with Crippen molar-refractivity contribution in [1.29, 1.82) is 0 Å². The van der Waals surface area contributed by atoms with Crippen molar-refractivity contribution in [2.24, 2.45) is 5.41 Å². The average molecular weight is 697 g/mol. The molecule has 0 bridgehead atoms. The van der Waals surface area contributed by atoms with Crippen LogP contribution in [0.2, 0.25) is 0 Å². The highest BCUT2D eigenvalue weighted by atomic mass is 32.3. The van der Waals surface area contributed by atoms with Crippen LogP contribution in [0.4, 0.5) is 17.2 Å². The van der Waals surface area contributed by atoms with Crippen LogP contribution >= 0.6 is 10.6 Å². The van der Waals surface area contributed by atoms with Gasteiger partial charge in [0.25, 0.3) is 0 Å². The summed E-state index contributed by atoms with van der Waals surface area (Å²) in [4.78, 5) is 51.5. The molecule has 3 heterocycles. The number of fused-ring (bicyclic) bond motifs is 1. The Labute approximate surface area is 288 Å². The lowest BCUT2D eigenvalue weighted by atomic mass is 9.85. The summed E-state index contributed by atoms with van der Waals surface area (Å²) >= 11 is 0. The van der Waals surface area contributed by atoms with E-state index in [4.69, 9.17) is 4.74 Å². The number of para-hydroxylation sites is 1. The zero-order chi connectivity index (χ0) is 35.5. The molecule has 5 N–H and O–H groups in total. The lowest BCUT2D eigenvalue weighted by Crippen LogP contribution is -2.59. The third-order valence-corrected chi connectivity index (χ3v) is 10.8. The molecular formula is C34H48N8O6S. The zero-order valence-corrected chi connectivity index (χ0v) is 29.8. The summed E-state index contributed by atoms with van der Waals surface area (Å²) in [6.07, 6.45) is 2.57. The van der Waals surface area contributed by atoms with E-state index in [2.05, 4.69) is 25.9 Å². The normalized spacial score (nSPS) is 19.9.